The van der Waals surface area contributed by atoms with E-state index in [4.69, 9.17) is 4.74 Å². The van der Waals surface area contributed by atoms with Crippen molar-refractivity contribution in [3.8, 4) is 5.75 Å². The number of likely N-dealkylation sites (tertiary alicyclic amines) is 1. The number of amides is 1. The van der Waals surface area contributed by atoms with Gasteiger partial charge in [0.2, 0.25) is 0 Å². The molecule has 3 aromatic carbocycles. The summed E-state index contributed by atoms with van der Waals surface area (Å²) in [5.74, 6) is -0.340. The number of para-hydroxylation sites is 1. The highest BCUT2D eigenvalue weighted by atomic mass is 79.9. The molecule has 0 saturated carbocycles. The molecule has 0 bridgehead atoms. The van der Waals surface area contributed by atoms with Gasteiger partial charge in [0.05, 0.1) is 12.8 Å². The number of hydrogen-bond donors (Lipinski definition) is 1. The molecule has 194 valence electrons. The fourth-order valence-electron chi connectivity index (χ4n) is 4.11. The Morgan fingerprint density at radius 1 is 1.03 bits per heavy atom. The molecule has 1 heterocycles. The van der Waals surface area contributed by atoms with Gasteiger partial charge in [0.25, 0.3) is 15.9 Å². The summed E-state index contributed by atoms with van der Waals surface area (Å²) in [6.07, 6.45) is 1.48. The average Bonchev–Trinajstić information content (AvgIpc) is 2.92. The van der Waals surface area contributed by atoms with Crippen LogP contribution in [0.15, 0.2) is 93.3 Å². The standard InChI is InChI=1S/C27H29BrN4O4S/c1-36-25-13-12-22(28)18-26(25)37(34,35)32(24-10-6-3-7-11-24)20-27(33)30-29-23-14-16-31(17-15-23)19-21-8-4-2-5-9-21/h2-13,18H,14-17,19-20H2,1H3,(H,30,33). The SMILES string of the molecule is COc1ccc(Br)cc1S(=O)(=O)N(CC(=O)NN=C1CCN(Cc2ccccc2)CC1)c1ccccc1. The number of hydrogen-bond acceptors (Lipinski definition) is 6. The van der Waals surface area contributed by atoms with Gasteiger partial charge in [-0.05, 0) is 35.9 Å². The van der Waals surface area contributed by atoms with Crippen LogP contribution in [-0.2, 0) is 21.4 Å². The summed E-state index contributed by atoms with van der Waals surface area (Å²) in [4.78, 5) is 15.2. The number of methoxy groups -OCH3 is 1. The van der Waals surface area contributed by atoms with Crippen LogP contribution in [-0.4, -0.2) is 51.7 Å². The van der Waals surface area contributed by atoms with Crippen LogP contribution in [0.2, 0.25) is 0 Å². The number of nitrogens with zero attached hydrogens (tertiary/aromatic N) is 3. The Hall–Kier alpha value is -3.21. The minimum atomic E-state index is -4.13. The molecule has 1 aliphatic rings. The van der Waals surface area contributed by atoms with E-state index in [0.717, 1.165) is 42.5 Å². The summed E-state index contributed by atoms with van der Waals surface area (Å²) in [5, 5.41) is 4.31. The molecular formula is C27H29BrN4O4S. The molecule has 0 unspecified atom stereocenters. The molecule has 1 fully saturated rings. The number of sulfonamides is 1. The van der Waals surface area contributed by atoms with Gasteiger partial charge in [0.1, 0.15) is 17.2 Å². The summed E-state index contributed by atoms with van der Waals surface area (Å²) in [6.45, 7) is 2.13. The van der Waals surface area contributed by atoms with E-state index in [1.165, 1.54) is 18.7 Å². The molecule has 3 aromatic rings. The van der Waals surface area contributed by atoms with Crippen LogP contribution < -0.4 is 14.5 Å². The summed E-state index contributed by atoms with van der Waals surface area (Å²) in [6, 6.07) is 23.5. The topological polar surface area (TPSA) is 91.3 Å². The van der Waals surface area contributed by atoms with Crippen molar-refractivity contribution in [3.05, 3.63) is 88.9 Å². The Balaban J connectivity index is 1.45. The van der Waals surface area contributed by atoms with E-state index in [0.29, 0.717) is 10.2 Å². The third-order valence-electron chi connectivity index (χ3n) is 6.05. The molecule has 0 atom stereocenters. The fraction of sp³-hybridized carbons (Fsp3) is 0.259. The Labute approximate surface area is 226 Å². The smallest absolute Gasteiger partial charge is 0.268 e. The maximum Gasteiger partial charge on any atom is 0.268 e. The van der Waals surface area contributed by atoms with Crippen molar-refractivity contribution in [2.75, 3.05) is 31.0 Å². The van der Waals surface area contributed by atoms with E-state index >= 15 is 0 Å². The van der Waals surface area contributed by atoms with Crippen LogP contribution in [0.4, 0.5) is 5.69 Å². The van der Waals surface area contributed by atoms with E-state index in [2.05, 4.69) is 43.5 Å². The predicted octanol–water partition coefficient (Wildman–Crippen LogP) is 4.42. The molecular weight excluding hydrogens is 556 g/mol. The normalized spacial score (nSPS) is 14.2. The summed E-state index contributed by atoms with van der Waals surface area (Å²) in [5.41, 5.74) is 5.08. The van der Waals surface area contributed by atoms with Crippen molar-refractivity contribution in [1.82, 2.24) is 10.3 Å². The summed E-state index contributed by atoms with van der Waals surface area (Å²) >= 11 is 3.33. The maximum absolute atomic E-state index is 13.7. The zero-order chi connectivity index (χ0) is 26.3. The minimum Gasteiger partial charge on any atom is -0.495 e. The molecule has 1 N–H and O–H groups in total. The van der Waals surface area contributed by atoms with Crippen molar-refractivity contribution in [1.29, 1.82) is 0 Å². The lowest BCUT2D eigenvalue weighted by Gasteiger charge is -2.27. The second-order valence-electron chi connectivity index (χ2n) is 8.62. The summed E-state index contributed by atoms with van der Waals surface area (Å²) < 4.78 is 34.3. The van der Waals surface area contributed by atoms with Gasteiger partial charge in [-0.3, -0.25) is 14.0 Å². The number of rotatable bonds is 9. The van der Waals surface area contributed by atoms with Gasteiger partial charge in [-0.15, -0.1) is 0 Å². The molecule has 0 spiro atoms. The molecule has 0 aliphatic carbocycles. The van der Waals surface area contributed by atoms with E-state index in [-0.39, 0.29) is 10.6 Å². The van der Waals surface area contributed by atoms with Gasteiger partial charge in [0.15, 0.2) is 0 Å². The van der Waals surface area contributed by atoms with E-state index in [9.17, 15) is 13.2 Å². The van der Waals surface area contributed by atoms with E-state index in [1.54, 1.807) is 42.5 Å². The number of halogens is 1. The van der Waals surface area contributed by atoms with Crippen molar-refractivity contribution in [3.63, 3.8) is 0 Å². The van der Waals surface area contributed by atoms with Crippen molar-refractivity contribution in [2.45, 2.75) is 24.3 Å². The van der Waals surface area contributed by atoms with Gasteiger partial charge in [-0.25, -0.2) is 13.8 Å². The third kappa shape index (κ3) is 6.97. The zero-order valence-electron chi connectivity index (χ0n) is 20.5. The largest absolute Gasteiger partial charge is 0.495 e. The van der Waals surface area contributed by atoms with Crippen LogP contribution >= 0.6 is 15.9 Å². The average molecular weight is 586 g/mol. The van der Waals surface area contributed by atoms with Crippen molar-refractivity contribution >= 4 is 43.3 Å². The van der Waals surface area contributed by atoms with Crippen LogP contribution in [0.3, 0.4) is 0 Å². The van der Waals surface area contributed by atoms with Gasteiger partial charge in [-0.1, -0.05) is 64.5 Å². The zero-order valence-corrected chi connectivity index (χ0v) is 22.9. The third-order valence-corrected chi connectivity index (χ3v) is 8.33. The van der Waals surface area contributed by atoms with E-state index in [1.807, 2.05) is 18.2 Å². The first-order valence-corrected chi connectivity index (χ1v) is 14.1. The lowest BCUT2D eigenvalue weighted by Crippen LogP contribution is -2.40. The predicted molar refractivity (Wildman–Crippen MR) is 148 cm³/mol. The molecule has 1 amide bonds. The number of benzene rings is 3. The van der Waals surface area contributed by atoms with Crippen molar-refractivity contribution < 1.29 is 17.9 Å². The Morgan fingerprint density at radius 3 is 2.32 bits per heavy atom. The quantitative estimate of drug-likeness (QED) is 0.376. The highest BCUT2D eigenvalue weighted by Gasteiger charge is 2.30. The van der Waals surface area contributed by atoms with Crippen LogP contribution in [0, 0.1) is 0 Å². The molecule has 37 heavy (non-hydrogen) atoms. The molecule has 0 aromatic heterocycles. The van der Waals surface area contributed by atoms with Gasteiger partial charge in [0, 0.05) is 42.7 Å². The highest BCUT2D eigenvalue weighted by Crippen LogP contribution is 2.32. The number of piperidine rings is 1. The Morgan fingerprint density at radius 2 is 1.68 bits per heavy atom. The van der Waals surface area contributed by atoms with Crippen LogP contribution in [0.5, 0.6) is 5.75 Å². The molecule has 10 heteroatoms. The lowest BCUT2D eigenvalue weighted by molar-refractivity contribution is -0.119. The first kappa shape index (κ1) is 26.8. The molecule has 8 nitrogen and oxygen atoms in total. The fourth-order valence-corrected chi connectivity index (χ4v) is 6.23. The lowest BCUT2D eigenvalue weighted by atomic mass is 10.1. The van der Waals surface area contributed by atoms with Crippen molar-refractivity contribution in [2.24, 2.45) is 5.10 Å². The van der Waals surface area contributed by atoms with Gasteiger partial charge < -0.3 is 4.74 Å². The maximum atomic E-state index is 13.7. The Kier molecular flexibility index (Phi) is 8.96. The van der Waals surface area contributed by atoms with Crippen LogP contribution in [0.25, 0.3) is 0 Å². The number of carbonyl (C=O) groups excluding carboxylic acids is 1. The number of nitrogens with one attached hydrogen (secondary N) is 1. The van der Waals surface area contributed by atoms with Crippen LogP contribution in [0.1, 0.15) is 18.4 Å². The monoisotopic (exact) mass is 584 g/mol. The molecule has 0 radical (unpaired) electrons. The van der Waals surface area contributed by atoms with Gasteiger partial charge >= 0.3 is 0 Å². The molecule has 1 aliphatic heterocycles. The second kappa shape index (κ2) is 12.4. The number of carbonyl (C=O) groups is 1. The van der Waals surface area contributed by atoms with E-state index < -0.39 is 22.5 Å². The first-order chi connectivity index (χ1) is 17.9. The second-order valence-corrected chi connectivity index (χ2v) is 11.4. The minimum absolute atomic E-state index is 0.0434. The number of hydrazone groups is 1. The van der Waals surface area contributed by atoms with Gasteiger partial charge in [-0.2, -0.15) is 5.10 Å². The number of ether oxygens (including phenoxy) is 1. The molecule has 4 rings (SSSR count). The Bertz CT molecular complexity index is 1340. The highest BCUT2D eigenvalue weighted by molar-refractivity contribution is 9.10. The summed E-state index contributed by atoms with van der Waals surface area (Å²) in [7, 11) is -2.73. The number of anilines is 1. The first-order valence-electron chi connectivity index (χ1n) is 11.9. The molecule has 1 saturated heterocycles.